The molecule has 0 saturated heterocycles. The number of hydrogen-bond donors (Lipinski definition) is 0. The summed E-state index contributed by atoms with van der Waals surface area (Å²) >= 11 is 0. The van der Waals surface area contributed by atoms with Gasteiger partial charge in [-0.15, -0.1) is 0 Å². The third-order valence-corrected chi connectivity index (χ3v) is 9.03. The molecule has 0 N–H and O–H groups in total. The summed E-state index contributed by atoms with van der Waals surface area (Å²) in [5, 5.41) is 2.90. The predicted octanol–water partition coefficient (Wildman–Crippen LogP) is 9.10. The van der Waals surface area contributed by atoms with E-state index < -0.39 is 0 Å². The molecule has 0 radical (unpaired) electrons. The first-order chi connectivity index (χ1) is 16.4. The summed E-state index contributed by atoms with van der Waals surface area (Å²) in [4.78, 5) is 0. The van der Waals surface area contributed by atoms with Crippen LogP contribution in [0.4, 0.5) is 0 Å². The van der Waals surface area contributed by atoms with Gasteiger partial charge in [0, 0.05) is 10.8 Å². The molecule has 0 aromatic heterocycles. The lowest BCUT2D eigenvalue weighted by atomic mass is 9.68. The van der Waals surface area contributed by atoms with E-state index >= 15 is 0 Å². The van der Waals surface area contributed by atoms with Crippen LogP contribution in [0.5, 0.6) is 0 Å². The molecule has 0 nitrogen and oxygen atoms in total. The Labute approximate surface area is 200 Å². The van der Waals surface area contributed by atoms with E-state index in [9.17, 15) is 0 Å². The summed E-state index contributed by atoms with van der Waals surface area (Å²) < 4.78 is 0. The van der Waals surface area contributed by atoms with Crippen LogP contribution in [0.2, 0.25) is 0 Å². The molecule has 8 rings (SSSR count). The highest BCUT2D eigenvalue weighted by molar-refractivity contribution is 6.21. The van der Waals surface area contributed by atoms with Gasteiger partial charge < -0.3 is 0 Å². The highest BCUT2D eigenvalue weighted by atomic mass is 14.4. The van der Waals surface area contributed by atoms with Crippen LogP contribution in [0.15, 0.2) is 84.9 Å². The maximum Gasteiger partial charge on any atom is 0.0159 e. The molecule has 0 heteroatoms. The Morgan fingerprint density at radius 3 is 1.53 bits per heavy atom. The summed E-state index contributed by atoms with van der Waals surface area (Å²) in [5.74, 6) is 0. The molecule has 5 aromatic rings. The van der Waals surface area contributed by atoms with Crippen molar-refractivity contribution in [1.29, 1.82) is 0 Å². The fourth-order valence-electron chi connectivity index (χ4n) is 7.29. The molecule has 0 saturated carbocycles. The van der Waals surface area contributed by atoms with E-state index in [2.05, 4.69) is 113 Å². The van der Waals surface area contributed by atoms with Crippen molar-refractivity contribution in [2.45, 2.75) is 38.5 Å². The summed E-state index contributed by atoms with van der Waals surface area (Å²) in [6.07, 6.45) is 0. The van der Waals surface area contributed by atoms with Crippen molar-refractivity contribution >= 4 is 10.8 Å². The lowest BCUT2D eigenvalue weighted by Gasteiger charge is -2.35. The molecule has 0 amide bonds. The monoisotopic (exact) mass is 434 g/mol. The summed E-state index contributed by atoms with van der Waals surface area (Å²) in [7, 11) is 0. The normalized spacial score (nSPS) is 16.7. The van der Waals surface area contributed by atoms with Crippen LogP contribution in [0.3, 0.4) is 0 Å². The highest BCUT2D eigenvalue weighted by Gasteiger charge is 2.39. The van der Waals surface area contributed by atoms with Gasteiger partial charge in [-0.1, -0.05) is 100 Å². The number of fused-ring (bicyclic) bond motifs is 8. The average Bonchev–Trinajstić information content (AvgIpc) is 3.28. The Balaban J connectivity index is 1.49. The number of rotatable bonds is 0. The zero-order valence-electron chi connectivity index (χ0n) is 20.1. The van der Waals surface area contributed by atoms with Crippen LogP contribution < -0.4 is 0 Å². The molecule has 162 valence electrons. The highest BCUT2D eigenvalue weighted by Crippen LogP contribution is 2.58. The van der Waals surface area contributed by atoms with Crippen LogP contribution >= 0.6 is 0 Å². The second-order valence-corrected chi connectivity index (χ2v) is 11.4. The van der Waals surface area contributed by atoms with Crippen molar-refractivity contribution in [3.05, 3.63) is 107 Å². The number of hydrogen-bond acceptors (Lipinski definition) is 0. The molecule has 3 aliphatic rings. The van der Waals surface area contributed by atoms with Crippen molar-refractivity contribution in [1.82, 2.24) is 0 Å². The van der Waals surface area contributed by atoms with E-state index in [4.69, 9.17) is 0 Å². The smallest absolute Gasteiger partial charge is 0.0159 e. The topological polar surface area (TPSA) is 0 Å². The predicted molar refractivity (Wildman–Crippen MR) is 144 cm³/mol. The zero-order valence-corrected chi connectivity index (χ0v) is 20.1. The van der Waals surface area contributed by atoms with E-state index in [-0.39, 0.29) is 10.8 Å². The molecule has 0 heterocycles. The Morgan fingerprint density at radius 2 is 0.853 bits per heavy atom. The lowest BCUT2D eigenvalue weighted by Crippen LogP contribution is -2.23. The number of benzene rings is 5. The van der Waals surface area contributed by atoms with Gasteiger partial charge >= 0.3 is 0 Å². The SMILES string of the molecule is CC1(C)c2ccccc2-c2cc3c(cc21)-c1ccc2c4c(ccc-3c14)C(C)(C)c1ccccc1-2. The van der Waals surface area contributed by atoms with Gasteiger partial charge in [-0.3, -0.25) is 0 Å². The third kappa shape index (κ3) is 1.95. The fraction of sp³-hybridized carbons (Fsp3) is 0.176. The van der Waals surface area contributed by atoms with Gasteiger partial charge in [0.25, 0.3) is 0 Å². The standard InChI is InChI=1S/C34H26/c1-33(2)27-11-7-5-9-19(27)21-13-14-22-25-18-30-26(20-10-6-8-12-28(20)34(30,3)4)17-24(25)23-15-16-29(33)32(21)31(22)23/h5-18H,1-4H3. The van der Waals surface area contributed by atoms with Gasteiger partial charge in [0.05, 0.1) is 0 Å². The molecule has 0 spiro atoms. The van der Waals surface area contributed by atoms with Crippen LogP contribution in [-0.2, 0) is 10.8 Å². The minimum Gasteiger partial charge on any atom is -0.0619 e. The van der Waals surface area contributed by atoms with Gasteiger partial charge in [-0.05, 0) is 89.7 Å². The minimum atomic E-state index is -0.0157. The third-order valence-electron chi connectivity index (χ3n) is 9.03. The van der Waals surface area contributed by atoms with Crippen molar-refractivity contribution in [2.24, 2.45) is 0 Å². The molecular weight excluding hydrogens is 408 g/mol. The molecule has 5 aromatic carbocycles. The molecule has 34 heavy (non-hydrogen) atoms. The van der Waals surface area contributed by atoms with Crippen molar-refractivity contribution < 1.29 is 0 Å². The summed E-state index contributed by atoms with van der Waals surface area (Å²) in [5.41, 5.74) is 16.9. The van der Waals surface area contributed by atoms with E-state index in [0.29, 0.717) is 0 Å². The van der Waals surface area contributed by atoms with Crippen molar-refractivity contribution in [3.8, 4) is 44.5 Å². The Bertz CT molecular complexity index is 1740. The second-order valence-electron chi connectivity index (χ2n) is 11.4. The zero-order chi connectivity index (χ0) is 23.0. The van der Waals surface area contributed by atoms with Gasteiger partial charge in [0.2, 0.25) is 0 Å². The maximum atomic E-state index is 2.50. The van der Waals surface area contributed by atoms with E-state index in [1.54, 1.807) is 0 Å². The molecule has 0 fully saturated rings. The minimum absolute atomic E-state index is 0.0157. The first-order valence-electron chi connectivity index (χ1n) is 12.4. The van der Waals surface area contributed by atoms with Gasteiger partial charge in [0.1, 0.15) is 0 Å². The molecular formula is C34H26. The Morgan fingerprint density at radius 1 is 0.353 bits per heavy atom. The van der Waals surface area contributed by atoms with E-state index in [0.717, 1.165) is 0 Å². The quantitative estimate of drug-likeness (QED) is 0.224. The van der Waals surface area contributed by atoms with Gasteiger partial charge in [-0.2, -0.15) is 0 Å². The average molecular weight is 435 g/mol. The molecule has 0 atom stereocenters. The van der Waals surface area contributed by atoms with Crippen LogP contribution in [-0.4, -0.2) is 0 Å². The van der Waals surface area contributed by atoms with E-state index in [1.807, 2.05) is 0 Å². The summed E-state index contributed by atoms with van der Waals surface area (Å²) in [6.45, 7) is 9.52. The molecule has 3 aliphatic carbocycles. The first-order valence-corrected chi connectivity index (χ1v) is 12.4. The molecule has 0 bridgehead atoms. The maximum absolute atomic E-state index is 2.50. The Kier molecular flexibility index (Phi) is 3.14. The van der Waals surface area contributed by atoms with Crippen LogP contribution in [0, 0.1) is 0 Å². The van der Waals surface area contributed by atoms with Crippen molar-refractivity contribution in [2.75, 3.05) is 0 Å². The van der Waals surface area contributed by atoms with Crippen LogP contribution in [0.1, 0.15) is 49.9 Å². The fourth-order valence-corrected chi connectivity index (χ4v) is 7.29. The van der Waals surface area contributed by atoms with Crippen molar-refractivity contribution in [3.63, 3.8) is 0 Å². The second kappa shape index (κ2) is 5.70. The molecule has 0 unspecified atom stereocenters. The Hall–Kier alpha value is -3.64. The molecule has 0 aliphatic heterocycles. The van der Waals surface area contributed by atoms with Gasteiger partial charge in [0.15, 0.2) is 0 Å². The lowest BCUT2D eigenvalue weighted by molar-refractivity contribution is 0.645. The van der Waals surface area contributed by atoms with E-state index in [1.165, 1.54) is 77.5 Å². The summed E-state index contributed by atoms with van der Waals surface area (Å²) in [6, 6.07) is 32.5. The largest absolute Gasteiger partial charge is 0.0619 e. The van der Waals surface area contributed by atoms with Crippen LogP contribution in [0.25, 0.3) is 55.3 Å². The van der Waals surface area contributed by atoms with Gasteiger partial charge in [-0.25, -0.2) is 0 Å². The first kappa shape index (κ1) is 18.7.